The highest BCUT2D eigenvalue weighted by Crippen LogP contribution is 2.40. The molecular formula is C86H127N3O8. The molecule has 0 bridgehead atoms. The van der Waals surface area contributed by atoms with Crippen LogP contribution in [-0.2, 0) is 0 Å². The summed E-state index contributed by atoms with van der Waals surface area (Å²) in [6.45, 7) is 14.3. The highest BCUT2D eigenvalue weighted by atomic mass is 16.5. The molecule has 0 amide bonds. The summed E-state index contributed by atoms with van der Waals surface area (Å²) in [5.41, 5.74) is 5.71. The van der Waals surface area contributed by atoms with E-state index in [1.807, 2.05) is 30.3 Å². The minimum absolute atomic E-state index is 0.0352. The number of unbranched alkanes of at least 4 members (excludes halogenated alkanes) is 37. The number of aromatic nitrogens is 2. The molecule has 0 unspecified atom stereocenters. The van der Waals surface area contributed by atoms with Gasteiger partial charge < -0.3 is 33.5 Å². The summed E-state index contributed by atoms with van der Waals surface area (Å²) in [5, 5.41) is 10.6. The van der Waals surface area contributed by atoms with Gasteiger partial charge in [0.05, 0.1) is 61.0 Å². The Morgan fingerprint density at radius 3 is 1.11 bits per heavy atom. The monoisotopic (exact) mass is 1330 g/mol. The Bertz CT molecular complexity index is 3070. The van der Waals surface area contributed by atoms with Gasteiger partial charge in [-0.15, -0.1) is 0 Å². The summed E-state index contributed by atoms with van der Waals surface area (Å²) in [5.74, 6) is 3.38. The Morgan fingerprint density at radius 2 is 0.711 bits per heavy atom. The van der Waals surface area contributed by atoms with Gasteiger partial charge in [0.15, 0.2) is 23.0 Å². The van der Waals surface area contributed by atoms with Gasteiger partial charge in [-0.05, 0) is 129 Å². The van der Waals surface area contributed by atoms with Crippen LogP contribution < -0.4 is 28.4 Å². The van der Waals surface area contributed by atoms with Gasteiger partial charge in [-0.1, -0.05) is 272 Å². The first-order valence-corrected chi connectivity index (χ1v) is 39.3. The first kappa shape index (κ1) is 79.4. The number of phenolic OH excluding ortho intramolecular Hbond substituents is 1. The summed E-state index contributed by atoms with van der Waals surface area (Å²) < 4.78 is 38.5. The van der Waals surface area contributed by atoms with E-state index < -0.39 is 5.97 Å². The molecule has 0 saturated heterocycles. The number of aromatic hydroxyl groups is 1. The summed E-state index contributed by atoms with van der Waals surface area (Å²) in [6.07, 6.45) is 53.9. The van der Waals surface area contributed by atoms with Crippen LogP contribution in [0.1, 0.15) is 320 Å². The summed E-state index contributed by atoms with van der Waals surface area (Å²) >= 11 is 0. The van der Waals surface area contributed by atoms with Gasteiger partial charge in [0.25, 0.3) is 0 Å². The van der Waals surface area contributed by atoms with E-state index in [1.165, 1.54) is 205 Å². The molecule has 6 aromatic rings. The van der Waals surface area contributed by atoms with Crippen molar-refractivity contribution in [1.29, 1.82) is 0 Å². The van der Waals surface area contributed by atoms with E-state index in [4.69, 9.17) is 38.4 Å². The van der Waals surface area contributed by atoms with Crippen LogP contribution in [0.15, 0.2) is 102 Å². The number of ether oxygens (including phenoxy) is 6. The molecule has 1 N–H and O–H groups in total. The van der Waals surface area contributed by atoms with Crippen molar-refractivity contribution in [2.45, 2.75) is 304 Å². The standard InChI is InChI=1S/C86H127N3O8/c1-6-11-16-20-24-28-32-36-40-44-61-93-80-58-51-71(66-82(80)95-63-46-42-38-34-30-26-22-18-13-8-3)84-85(72-52-59-81(94-62-45-41-37-33-29-25-21-17-12-7-2)83(67-72)96-64-47-43-39-35-31-27-23-19-14-9-4)89-78-65-73(50-56-76(78)88-84)86(91)97-74-53-48-70(49-54-74)69-87-77-57-55-75(68-79(77)90)92-60-15-10-5/h48-59,65-69,90H,6-47,60-64H2,1-5H3. The lowest BCUT2D eigenvalue weighted by Crippen LogP contribution is -2.09. The second-order valence-electron chi connectivity index (χ2n) is 27.1. The van der Waals surface area contributed by atoms with Crippen molar-refractivity contribution in [3.05, 3.63) is 108 Å². The number of hydrogen-bond acceptors (Lipinski definition) is 11. The molecule has 5 aromatic carbocycles. The van der Waals surface area contributed by atoms with Gasteiger partial charge in [-0.2, -0.15) is 0 Å². The zero-order valence-corrected chi connectivity index (χ0v) is 61.2. The van der Waals surface area contributed by atoms with Gasteiger partial charge in [0, 0.05) is 23.4 Å². The number of benzene rings is 5. The Hall–Kier alpha value is -6.62. The molecular weight excluding hydrogens is 1200 g/mol. The van der Waals surface area contributed by atoms with Crippen molar-refractivity contribution in [3.63, 3.8) is 0 Å². The largest absolute Gasteiger partial charge is 0.506 e. The van der Waals surface area contributed by atoms with E-state index >= 15 is 0 Å². The Labute approximate surface area is 587 Å². The highest BCUT2D eigenvalue weighted by molar-refractivity contribution is 5.96. The van der Waals surface area contributed by atoms with E-state index in [0.717, 1.165) is 92.4 Å². The quantitative estimate of drug-likeness (QED) is 0.0170. The molecule has 0 aliphatic carbocycles. The maximum Gasteiger partial charge on any atom is 0.343 e. The SMILES string of the molecule is CCCCCCCCCCCCOc1ccc(-c2nc3ccc(C(=O)Oc4ccc(C=Nc5ccc(OCCCC)cc5O)cc4)cc3nc2-c2ccc(OCCCCCCCCCCCC)c(OCCCCCCCCCCCC)c2)cc1OCCCCCCCCCCCC. The number of phenols is 1. The van der Waals surface area contributed by atoms with E-state index in [-0.39, 0.29) is 5.75 Å². The van der Waals surface area contributed by atoms with Gasteiger partial charge in [-0.3, -0.25) is 4.99 Å². The zero-order chi connectivity index (χ0) is 68.4. The minimum atomic E-state index is -0.522. The van der Waals surface area contributed by atoms with Crippen molar-refractivity contribution in [3.8, 4) is 62.8 Å². The smallest absolute Gasteiger partial charge is 0.343 e. The molecule has 0 aliphatic rings. The predicted octanol–water partition coefficient (Wildman–Crippen LogP) is 26.0. The topological polar surface area (TPSA) is 131 Å². The number of nitrogens with zero attached hydrogens (tertiary/aromatic N) is 3. The van der Waals surface area contributed by atoms with Gasteiger partial charge in [0.2, 0.25) is 0 Å². The zero-order valence-electron chi connectivity index (χ0n) is 61.2. The van der Waals surface area contributed by atoms with Crippen LogP contribution in [-0.4, -0.2) is 60.3 Å². The van der Waals surface area contributed by atoms with Crippen molar-refractivity contribution in [1.82, 2.24) is 9.97 Å². The summed E-state index contributed by atoms with van der Waals surface area (Å²) in [7, 11) is 0. The van der Waals surface area contributed by atoms with Crippen molar-refractivity contribution in [2.24, 2.45) is 4.99 Å². The molecule has 0 saturated carbocycles. The molecule has 0 fully saturated rings. The molecule has 97 heavy (non-hydrogen) atoms. The third-order valence-corrected chi connectivity index (χ3v) is 18.5. The van der Waals surface area contributed by atoms with Crippen molar-refractivity contribution in [2.75, 3.05) is 33.0 Å². The number of hydrogen-bond donors (Lipinski definition) is 1. The fourth-order valence-corrected chi connectivity index (χ4v) is 12.4. The van der Waals surface area contributed by atoms with E-state index in [1.54, 1.807) is 48.7 Å². The first-order valence-electron chi connectivity index (χ1n) is 39.3. The minimum Gasteiger partial charge on any atom is -0.506 e. The number of rotatable bonds is 58. The molecule has 0 radical (unpaired) electrons. The molecule has 1 aromatic heterocycles. The highest BCUT2D eigenvalue weighted by Gasteiger charge is 2.21. The first-order chi connectivity index (χ1) is 47.8. The van der Waals surface area contributed by atoms with Gasteiger partial charge >= 0.3 is 5.97 Å². The van der Waals surface area contributed by atoms with Crippen molar-refractivity contribution >= 4 is 28.9 Å². The number of aliphatic imine (C=N–C) groups is 1. The van der Waals surface area contributed by atoms with Gasteiger partial charge in [0.1, 0.15) is 22.9 Å². The van der Waals surface area contributed by atoms with Crippen molar-refractivity contribution < 1.29 is 38.3 Å². The molecule has 11 nitrogen and oxygen atoms in total. The van der Waals surface area contributed by atoms with Crippen LogP contribution in [0.25, 0.3) is 33.5 Å². The molecule has 0 atom stereocenters. The number of carbonyl (C=O) groups is 1. The van der Waals surface area contributed by atoms with Crippen LogP contribution in [0.3, 0.4) is 0 Å². The van der Waals surface area contributed by atoms with Crippen LogP contribution in [0.2, 0.25) is 0 Å². The maximum atomic E-state index is 14.1. The van der Waals surface area contributed by atoms with Crippen LogP contribution in [0.4, 0.5) is 5.69 Å². The maximum absolute atomic E-state index is 14.1. The van der Waals surface area contributed by atoms with E-state index in [2.05, 4.69) is 63.9 Å². The number of carbonyl (C=O) groups excluding carboxylic acids is 1. The number of fused-ring (bicyclic) bond motifs is 1. The lowest BCUT2D eigenvalue weighted by atomic mass is 10.0. The molecule has 11 heteroatoms. The van der Waals surface area contributed by atoms with Crippen LogP contribution >= 0.6 is 0 Å². The Balaban J connectivity index is 1.27. The molecule has 0 spiro atoms. The Morgan fingerprint density at radius 1 is 0.351 bits per heavy atom. The molecule has 1 heterocycles. The lowest BCUT2D eigenvalue weighted by molar-refractivity contribution is 0.0734. The third kappa shape index (κ3) is 32.3. The predicted molar refractivity (Wildman–Crippen MR) is 407 cm³/mol. The summed E-state index contributed by atoms with van der Waals surface area (Å²) in [6, 6.07) is 30.0. The van der Waals surface area contributed by atoms with E-state index in [9.17, 15) is 9.90 Å². The third-order valence-electron chi connectivity index (χ3n) is 18.5. The summed E-state index contributed by atoms with van der Waals surface area (Å²) in [4.78, 5) is 29.4. The fraction of sp³-hybridized carbons (Fsp3) is 0.605. The fourth-order valence-electron chi connectivity index (χ4n) is 12.4. The number of esters is 1. The normalized spacial score (nSPS) is 11.5. The molecule has 534 valence electrons. The molecule has 6 rings (SSSR count). The van der Waals surface area contributed by atoms with Gasteiger partial charge in [-0.25, -0.2) is 14.8 Å². The van der Waals surface area contributed by atoms with Crippen LogP contribution in [0, 0.1) is 0 Å². The Kier molecular flexibility index (Phi) is 41.5. The molecule has 0 aliphatic heterocycles. The van der Waals surface area contributed by atoms with E-state index in [0.29, 0.717) is 89.7 Å². The van der Waals surface area contributed by atoms with Crippen LogP contribution in [0.5, 0.6) is 40.2 Å². The second kappa shape index (κ2) is 50.7. The average molecular weight is 1330 g/mol. The second-order valence-corrected chi connectivity index (χ2v) is 27.1. The lowest BCUT2D eigenvalue weighted by Gasteiger charge is -2.17. The average Bonchev–Trinajstić information content (AvgIpc) is 0.774.